The molecule has 0 heterocycles. The molecular formula is C25H20Cl4O2. The number of hydrogen-bond acceptors (Lipinski definition) is 2. The van der Waals surface area contributed by atoms with E-state index in [4.69, 9.17) is 55.9 Å². The van der Waals surface area contributed by atoms with Crippen LogP contribution in [0.5, 0.6) is 11.5 Å². The standard InChI is InChI=1S/C25H20Cl4O2/c26-20-14-22(28)24(18-10-4-2-8-16(18)20)30-12-6-1-7-13-31-25-19-11-5-3-9-17(19)21(27)15-23(25)29/h2-5,8-11,14-15H,1,6-7,12-13H2. The topological polar surface area (TPSA) is 18.5 Å². The lowest BCUT2D eigenvalue weighted by Crippen LogP contribution is -2.02. The summed E-state index contributed by atoms with van der Waals surface area (Å²) in [4.78, 5) is 0. The van der Waals surface area contributed by atoms with E-state index in [0.717, 1.165) is 40.8 Å². The van der Waals surface area contributed by atoms with Crippen molar-refractivity contribution in [1.82, 2.24) is 0 Å². The number of benzene rings is 4. The molecule has 0 unspecified atom stereocenters. The highest BCUT2D eigenvalue weighted by molar-refractivity contribution is 6.40. The molecule has 0 N–H and O–H groups in total. The van der Waals surface area contributed by atoms with Gasteiger partial charge >= 0.3 is 0 Å². The molecule has 31 heavy (non-hydrogen) atoms. The van der Waals surface area contributed by atoms with Crippen LogP contribution < -0.4 is 9.47 Å². The summed E-state index contributed by atoms with van der Waals surface area (Å²) in [6.07, 6.45) is 2.71. The van der Waals surface area contributed by atoms with Gasteiger partial charge in [0.1, 0.15) is 11.5 Å². The van der Waals surface area contributed by atoms with Gasteiger partial charge in [0.25, 0.3) is 0 Å². The Hall–Kier alpha value is -1.84. The summed E-state index contributed by atoms with van der Waals surface area (Å²) in [5.41, 5.74) is 0. The van der Waals surface area contributed by atoms with Crippen LogP contribution in [0.3, 0.4) is 0 Å². The van der Waals surface area contributed by atoms with Gasteiger partial charge in [0.05, 0.1) is 33.3 Å². The summed E-state index contributed by atoms with van der Waals surface area (Å²) in [5, 5.41) is 6.01. The van der Waals surface area contributed by atoms with Gasteiger partial charge in [-0.1, -0.05) is 94.9 Å². The molecule has 0 saturated carbocycles. The second-order valence-electron chi connectivity index (χ2n) is 7.19. The van der Waals surface area contributed by atoms with Crippen LogP contribution in [0.4, 0.5) is 0 Å². The van der Waals surface area contributed by atoms with Crippen molar-refractivity contribution in [3.8, 4) is 11.5 Å². The van der Waals surface area contributed by atoms with Crippen LogP contribution in [0, 0.1) is 0 Å². The molecule has 0 bridgehead atoms. The zero-order chi connectivity index (χ0) is 21.8. The number of rotatable bonds is 8. The first kappa shape index (κ1) is 22.4. The highest BCUT2D eigenvalue weighted by Crippen LogP contribution is 2.39. The van der Waals surface area contributed by atoms with Gasteiger partial charge in [0, 0.05) is 21.5 Å². The molecule has 0 aliphatic carbocycles. The van der Waals surface area contributed by atoms with Crippen LogP contribution >= 0.6 is 46.4 Å². The van der Waals surface area contributed by atoms with Crippen LogP contribution in [0.2, 0.25) is 20.1 Å². The van der Waals surface area contributed by atoms with Crippen molar-refractivity contribution in [3.63, 3.8) is 0 Å². The number of fused-ring (bicyclic) bond motifs is 2. The molecule has 0 amide bonds. The molecule has 4 rings (SSSR count). The van der Waals surface area contributed by atoms with Crippen molar-refractivity contribution in [3.05, 3.63) is 80.8 Å². The van der Waals surface area contributed by atoms with E-state index in [1.165, 1.54) is 0 Å². The van der Waals surface area contributed by atoms with E-state index in [1.807, 2.05) is 48.5 Å². The quantitative estimate of drug-likeness (QED) is 0.227. The van der Waals surface area contributed by atoms with E-state index in [9.17, 15) is 0 Å². The second-order valence-corrected chi connectivity index (χ2v) is 8.82. The largest absolute Gasteiger partial charge is 0.491 e. The third kappa shape index (κ3) is 4.99. The van der Waals surface area contributed by atoms with Gasteiger partial charge in [-0.25, -0.2) is 0 Å². The van der Waals surface area contributed by atoms with Crippen LogP contribution in [0.25, 0.3) is 21.5 Å². The molecule has 0 aliphatic rings. The van der Waals surface area contributed by atoms with E-state index in [2.05, 4.69) is 0 Å². The van der Waals surface area contributed by atoms with E-state index in [1.54, 1.807) is 12.1 Å². The van der Waals surface area contributed by atoms with Crippen molar-refractivity contribution in [1.29, 1.82) is 0 Å². The lowest BCUT2D eigenvalue weighted by Gasteiger charge is -2.13. The first-order chi connectivity index (χ1) is 15.1. The van der Waals surface area contributed by atoms with E-state index < -0.39 is 0 Å². The molecule has 0 radical (unpaired) electrons. The van der Waals surface area contributed by atoms with Gasteiger partial charge in [-0.2, -0.15) is 0 Å². The molecule has 0 spiro atoms. The van der Waals surface area contributed by atoms with Gasteiger partial charge in [-0.15, -0.1) is 0 Å². The molecule has 4 aromatic rings. The first-order valence-corrected chi connectivity index (χ1v) is 11.6. The molecule has 0 aliphatic heterocycles. The second kappa shape index (κ2) is 10.2. The van der Waals surface area contributed by atoms with Crippen LogP contribution in [-0.2, 0) is 0 Å². The average Bonchev–Trinajstić information content (AvgIpc) is 2.77. The predicted octanol–water partition coefficient (Wildman–Crippen LogP) is 9.23. The van der Waals surface area contributed by atoms with Crippen LogP contribution in [0.15, 0.2) is 60.7 Å². The minimum atomic E-state index is 0.524. The number of halogens is 4. The zero-order valence-electron chi connectivity index (χ0n) is 16.6. The Kier molecular flexibility index (Phi) is 7.35. The summed E-state index contributed by atoms with van der Waals surface area (Å²) in [6.45, 7) is 1.13. The Morgan fingerprint density at radius 3 is 1.29 bits per heavy atom. The van der Waals surface area contributed by atoms with Crippen molar-refractivity contribution >= 4 is 67.9 Å². The lowest BCUT2D eigenvalue weighted by molar-refractivity contribution is 0.282. The maximum Gasteiger partial charge on any atom is 0.145 e. The van der Waals surface area contributed by atoms with Crippen molar-refractivity contribution < 1.29 is 9.47 Å². The highest BCUT2D eigenvalue weighted by atomic mass is 35.5. The minimum absolute atomic E-state index is 0.524. The number of ether oxygens (including phenoxy) is 2. The highest BCUT2D eigenvalue weighted by Gasteiger charge is 2.12. The normalized spacial score (nSPS) is 11.2. The van der Waals surface area contributed by atoms with Gasteiger partial charge < -0.3 is 9.47 Å². The Balaban J connectivity index is 1.30. The third-order valence-electron chi connectivity index (χ3n) is 5.08. The van der Waals surface area contributed by atoms with Crippen molar-refractivity contribution in [2.24, 2.45) is 0 Å². The molecule has 160 valence electrons. The summed E-state index contributed by atoms with van der Waals surface area (Å²) >= 11 is 25.3. The first-order valence-electron chi connectivity index (χ1n) is 10.1. The Labute approximate surface area is 201 Å². The maximum absolute atomic E-state index is 6.36. The summed E-state index contributed by atoms with van der Waals surface area (Å²) < 4.78 is 12.0. The van der Waals surface area contributed by atoms with Crippen LogP contribution in [0.1, 0.15) is 19.3 Å². The fraction of sp³-hybridized carbons (Fsp3) is 0.200. The smallest absolute Gasteiger partial charge is 0.145 e. The third-order valence-corrected chi connectivity index (χ3v) is 6.27. The van der Waals surface area contributed by atoms with E-state index in [0.29, 0.717) is 44.8 Å². The maximum atomic E-state index is 6.36. The fourth-order valence-corrected chi connectivity index (χ4v) is 4.76. The predicted molar refractivity (Wildman–Crippen MR) is 133 cm³/mol. The molecule has 0 aromatic heterocycles. The van der Waals surface area contributed by atoms with Gasteiger partial charge in [-0.05, 0) is 31.4 Å². The van der Waals surface area contributed by atoms with Crippen molar-refractivity contribution in [2.45, 2.75) is 19.3 Å². The molecule has 0 atom stereocenters. The Morgan fingerprint density at radius 1 is 0.484 bits per heavy atom. The molecule has 4 aromatic carbocycles. The molecule has 0 fully saturated rings. The number of hydrogen-bond donors (Lipinski definition) is 0. The zero-order valence-corrected chi connectivity index (χ0v) is 19.7. The monoisotopic (exact) mass is 492 g/mol. The summed E-state index contributed by atoms with van der Waals surface area (Å²) in [7, 11) is 0. The van der Waals surface area contributed by atoms with Crippen molar-refractivity contribution in [2.75, 3.05) is 13.2 Å². The van der Waals surface area contributed by atoms with Gasteiger partial charge in [0.2, 0.25) is 0 Å². The Bertz CT molecular complexity index is 1130. The number of unbranched alkanes of at least 4 members (excludes halogenated alkanes) is 2. The molecule has 2 nitrogen and oxygen atoms in total. The average molecular weight is 494 g/mol. The Morgan fingerprint density at radius 2 is 0.871 bits per heavy atom. The molecular weight excluding hydrogens is 474 g/mol. The van der Waals surface area contributed by atoms with Gasteiger partial charge in [-0.3, -0.25) is 0 Å². The minimum Gasteiger partial charge on any atom is -0.491 e. The summed E-state index contributed by atoms with van der Waals surface area (Å²) in [6, 6.07) is 19.1. The van der Waals surface area contributed by atoms with E-state index in [-0.39, 0.29) is 0 Å². The van der Waals surface area contributed by atoms with E-state index >= 15 is 0 Å². The van der Waals surface area contributed by atoms with Gasteiger partial charge in [0.15, 0.2) is 0 Å². The SMILES string of the molecule is Clc1cc(Cl)c2ccccc2c1OCCCCCOc1c(Cl)cc(Cl)c2ccccc12. The van der Waals surface area contributed by atoms with Crippen LogP contribution in [-0.4, -0.2) is 13.2 Å². The fourth-order valence-electron chi connectivity index (χ4n) is 3.57. The molecule has 0 saturated heterocycles. The summed E-state index contributed by atoms with van der Waals surface area (Å²) in [5.74, 6) is 1.36. The molecule has 6 heteroatoms. The lowest BCUT2D eigenvalue weighted by atomic mass is 10.1.